The van der Waals surface area contributed by atoms with E-state index in [-0.39, 0.29) is 5.91 Å². The lowest BCUT2D eigenvalue weighted by molar-refractivity contribution is -0.121. The molecule has 2 aromatic carbocycles. The summed E-state index contributed by atoms with van der Waals surface area (Å²) in [5, 5.41) is 2.98. The summed E-state index contributed by atoms with van der Waals surface area (Å²) in [6.07, 6.45) is 4.20. The first kappa shape index (κ1) is 20.9. The lowest BCUT2D eigenvalue weighted by Gasteiger charge is -2.11. The van der Waals surface area contributed by atoms with Crippen LogP contribution in [-0.2, 0) is 24.2 Å². The molecule has 3 aromatic rings. The van der Waals surface area contributed by atoms with Gasteiger partial charge in [-0.15, -0.1) is 0 Å². The predicted octanol–water partition coefficient (Wildman–Crippen LogP) is 4.53. The third-order valence-corrected chi connectivity index (χ3v) is 5.03. The smallest absolute Gasteiger partial charge is 0.219 e. The van der Waals surface area contributed by atoms with Crippen molar-refractivity contribution in [3.05, 3.63) is 59.9 Å². The number of imidazole rings is 1. The van der Waals surface area contributed by atoms with Gasteiger partial charge in [0.25, 0.3) is 0 Å². The highest BCUT2D eigenvalue weighted by atomic mass is 16.5. The zero-order chi connectivity index (χ0) is 20.5. The van der Waals surface area contributed by atoms with Crippen molar-refractivity contribution in [3.8, 4) is 5.75 Å². The van der Waals surface area contributed by atoms with Crippen LogP contribution in [0.1, 0.15) is 44.5 Å². The van der Waals surface area contributed by atoms with Crippen molar-refractivity contribution in [3.63, 3.8) is 0 Å². The minimum absolute atomic E-state index is 0.128. The van der Waals surface area contributed by atoms with E-state index in [2.05, 4.69) is 35.0 Å². The maximum absolute atomic E-state index is 11.6. The number of carbonyl (C=O) groups excluding carboxylic acids is 1. The Bertz CT molecular complexity index is 916. The van der Waals surface area contributed by atoms with E-state index < -0.39 is 0 Å². The molecule has 0 radical (unpaired) electrons. The van der Waals surface area contributed by atoms with Gasteiger partial charge in [0.05, 0.1) is 17.6 Å². The molecular weight excluding hydrogens is 362 g/mol. The lowest BCUT2D eigenvalue weighted by Crippen LogP contribution is -2.24. The first-order valence-corrected chi connectivity index (χ1v) is 10.6. The molecule has 5 nitrogen and oxygen atoms in total. The molecule has 1 amide bonds. The molecule has 0 spiro atoms. The van der Waals surface area contributed by atoms with E-state index in [4.69, 9.17) is 9.72 Å². The number of rotatable bonds is 11. The number of fused-ring (bicyclic) bond motifs is 1. The first-order valence-electron chi connectivity index (χ1n) is 10.6. The molecule has 1 N–H and O–H groups in total. The number of hydrogen-bond donors (Lipinski definition) is 1. The zero-order valence-corrected chi connectivity index (χ0v) is 17.5. The van der Waals surface area contributed by atoms with Gasteiger partial charge < -0.3 is 14.6 Å². The molecule has 154 valence electrons. The van der Waals surface area contributed by atoms with Crippen LogP contribution in [-0.4, -0.2) is 28.6 Å². The highest BCUT2D eigenvalue weighted by Gasteiger charge is 2.10. The van der Waals surface area contributed by atoms with Crippen molar-refractivity contribution in [1.82, 2.24) is 14.9 Å². The summed E-state index contributed by atoms with van der Waals surface area (Å²) < 4.78 is 8.20. The van der Waals surface area contributed by atoms with Gasteiger partial charge in [0.2, 0.25) is 5.91 Å². The number of amides is 1. The van der Waals surface area contributed by atoms with Crippen LogP contribution in [0, 0.1) is 0 Å². The normalized spacial score (nSPS) is 11.0. The highest BCUT2D eigenvalue weighted by Crippen LogP contribution is 2.18. The first-order chi connectivity index (χ1) is 14.2. The summed E-state index contributed by atoms with van der Waals surface area (Å²) in [5.74, 6) is 2.07. The number of ether oxygens (including phenoxy) is 1. The van der Waals surface area contributed by atoms with Gasteiger partial charge >= 0.3 is 0 Å². The van der Waals surface area contributed by atoms with Crippen LogP contribution in [0.5, 0.6) is 5.75 Å². The Balaban J connectivity index is 1.60. The van der Waals surface area contributed by atoms with Gasteiger partial charge in [-0.05, 0) is 49.1 Å². The van der Waals surface area contributed by atoms with Gasteiger partial charge in [0, 0.05) is 19.4 Å². The van der Waals surface area contributed by atoms with Crippen molar-refractivity contribution in [2.24, 2.45) is 0 Å². The minimum atomic E-state index is 0.128. The van der Waals surface area contributed by atoms with Crippen LogP contribution < -0.4 is 10.1 Å². The number of nitrogens with zero attached hydrogens (tertiary/aromatic N) is 2. The van der Waals surface area contributed by atoms with Crippen LogP contribution >= 0.6 is 0 Å². The van der Waals surface area contributed by atoms with E-state index in [0.29, 0.717) is 19.6 Å². The van der Waals surface area contributed by atoms with Gasteiger partial charge in [-0.25, -0.2) is 4.98 Å². The minimum Gasteiger partial charge on any atom is -0.492 e. The van der Waals surface area contributed by atoms with Gasteiger partial charge in [-0.3, -0.25) is 4.79 Å². The van der Waals surface area contributed by atoms with E-state index in [1.807, 2.05) is 37.3 Å². The third kappa shape index (κ3) is 5.83. The fourth-order valence-electron chi connectivity index (χ4n) is 3.43. The van der Waals surface area contributed by atoms with Gasteiger partial charge in [0.15, 0.2) is 0 Å². The molecule has 5 heteroatoms. The molecule has 0 aliphatic carbocycles. The Morgan fingerprint density at radius 2 is 1.90 bits per heavy atom. The summed E-state index contributed by atoms with van der Waals surface area (Å²) in [4.78, 5) is 16.4. The van der Waals surface area contributed by atoms with E-state index in [1.54, 1.807) is 0 Å². The molecule has 29 heavy (non-hydrogen) atoms. The number of benzene rings is 2. The Morgan fingerprint density at radius 3 is 2.66 bits per heavy atom. The molecule has 3 rings (SSSR count). The quantitative estimate of drug-likeness (QED) is 0.487. The molecule has 0 saturated carbocycles. The van der Waals surface area contributed by atoms with Crippen LogP contribution in [0.15, 0.2) is 48.5 Å². The molecule has 1 heterocycles. The number of carbonyl (C=O) groups is 1. The standard InChI is InChI=1S/C24H31N3O2/c1-3-8-24(28)25-16-7-11-23-26-21-9-5-6-10-22(21)27(23)17-18-29-20-14-12-19(4-2)13-15-20/h5-6,9-10,12-15H,3-4,7-8,11,16-18H2,1-2H3,(H,25,28). The molecule has 0 fully saturated rings. The molecule has 1 aromatic heterocycles. The second-order valence-electron chi connectivity index (χ2n) is 7.22. The van der Waals surface area contributed by atoms with Crippen molar-refractivity contribution in [2.75, 3.05) is 13.2 Å². The fraction of sp³-hybridized carbons (Fsp3) is 0.417. The summed E-state index contributed by atoms with van der Waals surface area (Å²) in [5.41, 5.74) is 3.44. The van der Waals surface area contributed by atoms with E-state index in [1.165, 1.54) is 5.56 Å². The summed E-state index contributed by atoms with van der Waals surface area (Å²) in [6, 6.07) is 16.5. The van der Waals surface area contributed by atoms with Crippen LogP contribution in [0.4, 0.5) is 0 Å². The van der Waals surface area contributed by atoms with Crippen LogP contribution in [0.2, 0.25) is 0 Å². The van der Waals surface area contributed by atoms with E-state index in [9.17, 15) is 4.79 Å². The average molecular weight is 394 g/mol. The molecule has 0 aliphatic rings. The highest BCUT2D eigenvalue weighted by molar-refractivity contribution is 5.76. The maximum Gasteiger partial charge on any atom is 0.219 e. The fourth-order valence-corrected chi connectivity index (χ4v) is 3.43. The lowest BCUT2D eigenvalue weighted by atomic mass is 10.2. The van der Waals surface area contributed by atoms with E-state index >= 15 is 0 Å². The largest absolute Gasteiger partial charge is 0.492 e. The molecular formula is C24H31N3O2. The van der Waals surface area contributed by atoms with E-state index in [0.717, 1.165) is 54.8 Å². The second-order valence-corrected chi connectivity index (χ2v) is 7.22. The van der Waals surface area contributed by atoms with Crippen LogP contribution in [0.25, 0.3) is 11.0 Å². The maximum atomic E-state index is 11.6. The van der Waals surface area contributed by atoms with Crippen molar-refractivity contribution < 1.29 is 9.53 Å². The topological polar surface area (TPSA) is 56.2 Å². The summed E-state index contributed by atoms with van der Waals surface area (Å²) in [6.45, 7) is 6.18. The monoisotopic (exact) mass is 393 g/mol. The number of aromatic nitrogens is 2. The van der Waals surface area contributed by atoms with Crippen LogP contribution in [0.3, 0.4) is 0 Å². The van der Waals surface area contributed by atoms with Crippen molar-refractivity contribution >= 4 is 16.9 Å². The number of hydrogen-bond acceptors (Lipinski definition) is 3. The Kier molecular flexibility index (Phi) is 7.68. The molecule has 0 bridgehead atoms. The second kappa shape index (κ2) is 10.6. The Labute approximate surface area is 173 Å². The van der Waals surface area contributed by atoms with Crippen molar-refractivity contribution in [1.29, 1.82) is 0 Å². The zero-order valence-electron chi connectivity index (χ0n) is 17.5. The molecule has 0 unspecified atom stereocenters. The Hall–Kier alpha value is -2.82. The molecule has 0 atom stereocenters. The Morgan fingerprint density at radius 1 is 1.10 bits per heavy atom. The average Bonchev–Trinajstić information content (AvgIpc) is 3.09. The van der Waals surface area contributed by atoms with Crippen molar-refractivity contribution in [2.45, 2.75) is 52.5 Å². The summed E-state index contributed by atoms with van der Waals surface area (Å²) >= 11 is 0. The van der Waals surface area contributed by atoms with Gasteiger partial charge in [0.1, 0.15) is 18.2 Å². The number of para-hydroxylation sites is 2. The van der Waals surface area contributed by atoms with Gasteiger partial charge in [-0.1, -0.05) is 38.1 Å². The molecule has 0 saturated heterocycles. The van der Waals surface area contributed by atoms with Gasteiger partial charge in [-0.2, -0.15) is 0 Å². The molecule has 0 aliphatic heterocycles. The third-order valence-electron chi connectivity index (χ3n) is 5.03. The summed E-state index contributed by atoms with van der Waals surface area (Å²) in [7, 11) is 0. The number of aryl methyl sites for hydroxylation is 2. The predicted molar refractivity (Wildman–Crippen MR) is 117 cm³/mol. The number of nitrogens with one attached hydrogen (secondary N) is 1. The SMILES string of the molecule is CCCC(=O)NCCCc1nc2ccccc2n1CCOc1ccc(CC)cc1.